The summed E-state index contributed by atoms with van der Waals surface area (Å²) >= 11 is 0. The van der Waals surface area contributed by atoms with Gasteiger partial charge in [-0.15, -0.1) is 0 Å². The van der Waals surface area contributed by atoms with Crippen LogP contribution in [0.1, 0.15) is 60.8 Å². The zero-order chi connectivity index (χ0) is 16.7. The number of rotatable bonds is 7. The number of amides is 2. The summed E-state index contributed by atoms with van der Waals surface area (Å²) in [6.45, 7) is 4.44. The normalized spacial score (nSPS) is 15.2. The lowest BCUT2D eigenvalue weighted by molar-refractivity contribution is -0.116. The van der Waals surface area contributed by atoms with Crippen molar-refractivity contribution in [3.05, 3.63) is 30.5 Å². The summed E-state index contributed by atoms with van der Waals surface area (Å²) in [7, 11) is 1.73. The van der Waals surface area contributed by atoms with Crippen LogP contribution in [0.4, 0.5) is 0 Å². The lowest BCUT2D eigenvalue weighted by atomic mass is 9.89. The van der Waals surface area contributed by atoms with Crippen LogP contribution in [-0.4, -0.2) is 41.8 Å². The number of hydrogen-bond donors (Lipinski definition) is 1. The van der Waals surface area contributed by atoms with Crippen LogP contribution < -0.4 is 5.32 Å². The summed E-state index contributed by atoms with van der Waals surface area (Å²) in [6.07, 6.45) is 9.22. The fourth-order valence-electron chi connectivity index (χ4n) is 2.82. The fraction of sp³-hybridized carbons (Fsp3) is 0.588. The quantitative estimate of drug-likeness (QED) is 0.619. The highest BCUT2D eigenvalue weighted by Crippen LogP contribution is 2.32. The Balaban J connectivity index is 1.81. The molecule has 0 radical (unpaired) electrons. The predicted octanol–water partition coefficient (Wildman–Crippen LogP) is 2.49. The molecule has 126 valence electrons. The van der Waals surface area contributed by atoms with E-state index in [1.807, 2.05) is 0 Å². The molecular weight excluding hydrogens is 294 g/mol. The molecule has 0 bridgehead atoms. The van der Waals surface area contributed by atoms with Gasteiger partial charge in [0.1, 0.15) is 6.26 Å². The average molecular weight is 319 g/mol. The number of nitrogens with zero attached hydrogens (tertiary/aromatic N) is 2. The summed E-state index contributed by atoms with van der Waals surface area (Å²) in [5, 5.41) is 2.68. The minimum absolute atomic E-state index is 0.147. The van der Waals surface area contributed by atoms with Crippen LogP contribution in [0.5, 0.6) is 0 Å². The van der Waals surface area contributed by atoms with E-state index in [1.54, 1.807) is 11.9 Å². The van der Waals surface area contributed by atoms with Gasteiger partial charge in [-0.2, -0.15) is 0 Å². The minimum atomic E-state index is -0.201. The number of nitrogens with one attached hydrogen (secondary N) is 1. The predicted molar refractivity (Wildman–Crippen MR) is 87.1 cm³/mol. The molecule has 0 spiro atoms. The van der Waals surface area contributed by atoms with Gasteiger partial charge in [0.2, 0.25) is 5.91 Å². The van der Waals surface area contributed by atoms with Crippen LogP contribution in [0, 0.1) is 0 Å². The maximum atomic E-state index is 12.3. The van der Waals surface area contributed by atoms with Crippen LogP contribution in [0.3, 0.4) is 0 Å². The Morgan fingerprint density at radius 2 is 2.17 bits per heavy atom. The van der Waals surface area contributed by atoms with Crippen LogP contribution in [-0.2, 0) is 4.79 Å². The van der Waals surface area contributed by atoms with Gasteiger partial charge >= 0.3 is 0 Å². The van der Waals surface area contributed by atoms with Gasteiger partial charge in [0, 0.05) is 26.1 Å². The van der Waals surface area contributed by atoms with Gasteiger partial charge in [-0.3, -0.25) is 9.59 Å². The van der Waals surface area contributed by atoms with E-state index in [-0.39, 0.29) is 11.8 Å². The summed E-state index contributed by atoms with van der Waals surface area (Å²) in [5.74, 6) is 0.697. The molecule has 6 heteroatoms. The Bertz CT molecular complexity index is 547. The zero-order valence-electron chi connectivity index (χ0n) is 13.7. The van der Waals surface area contributed by atoms with Crippen molar-refractivity contribution in [2.45, 2.75) is 44.4 Å². The van der Waals surface area contributed by atoms with Gasteiger partial charge < -0.3 is 14.6 Å². The number of hydrogen-bond acceptors (Lipinski definition) is 4. The van der Waals surface area contributed by atoms with Crippen molar-refractivity contribution in [2.75, 3.05) is 20.1 Å². The Hall–Kier alpha value is -2.11. The molecule has 1 aromatic rings. The molecule has 6 nitrogen and oxygen atoms in total. The topological polar surface area (TPSA) is 75.4 Å². The maximum absolute atomic E-state index is 12.3. The first-order valence-corrected chi connectivity index (χ1v) is 8.23. The molecule has 1 aliphatic carbocycles. The van der Waals surface area contributed by atoms with E-state index in [0.29, 0.717) is 37.0 Å². The molecule has 2 rings (SSSR count). The molecule has 0 aliphatic heterocycles. The van der Waals surface area contributed by atoms with Gasteiger partial charge in [-0.1, -0.05) is 25.8 Å². The van der Waals surface area contributed by atoms with E-state index in [0.717, 1.165) is 12.8 Å². The highest BCUT2D eigenvalue weighted by atomic mass is 16.3. The van der Waals surface area contributed by atoms with Crippen LogP contribution in [0.2, 0.25) is 0 Å². The second-order valence-electron chi connectivity index (χ2n) is 5.98. The smallest absolute Gasteiger partial charge is 0.275 e. The Kier molecular flexibility index (Phi) is 6.38. The van der Waals surface area contributed by atoms with Crippen LogP contribution in [0.25, 0.3) is 0 Å². The van der Waals surface area contributed by atoms with E-state index in [1.165, 1.54) is 31.6 Å². The maximum Gasteiger partial charge on any atom is 0.275 e. The van der Waals surface area contributed by atoms with Crippen molar-refractivity contribution >= 4 is 11.8 Å². The molecule has 1 saturated carbocycles. The molecule has 1 N–H and O–H groups in total. The highest BCUT2D eigenvalue weighted by molar-refractivity contribution is 5.91. The van der Waals surface area contributed by atoms with Crippen molar-refractivity contribution in [2.24, 2.45) is 0 Å². The molecule has 1 aromatic heterocycles. The number of aromatic nitrogens is 1. The summed E-state index contributed by atoms with van der Waals surface area (Å²) in [5.41, 5.74) is 0.364. The Labute approximate surface area is 136 Å². The lowest BCUT2D eigenvalue weighted by Gasteiger charge is -2.18. The van der Waals surface area contributed by atoms with Crippen molar-refractivity contribution in [1.82, 2.24) is 15.2 Å². The van der Waals surface area contributed by atoms with Crippen molar-refractivity contribution in [3.8, 4) is 0 Å². The number of oxazole rings is 1. The molecule has 1 heterocycles. The largest absolute Gasteiger partial charge is 0.448 e. The second-order valence-corrected chi connectivity index (χ2v) is 5.98. The molecule has 2 amide bonds. The standard InChI is InChI=1S/C17H25N3O3/c1-3-15(21)18-10-7-11-20(2)17(22)14-12-23-16(19-14)13-8-5-4-6-9-13/h3,12-13H,1,4-11H2,2H3,(H,18,21). The third-order valence-electron chi connectivity index (χ3n) is 4.20. The van der Waals surface area contributed by atoms with Gasteiger partial charge in [-0.25, -0.2) is 4.98 Å². The summed E-state index contributed by atoms with van der Waals surface area (Å²) in [4.78, 5) is 29.3. The SMILES string of the molecule is C=CC(=O)NCCCN(C)C(=O)c1coc(C2CCCCC2)n1. The Morgan fingerprint density at radius 1 is 1.43 bits per heavy atom. The van der Waals surface area contributed by atoms with Crippen LogP contribution >= 0.6 is 0 Å². The van der Waals surface area contributed by atoms with E-state index in [9.17, 15) is 9.59 Å². The lowest BCUT2D eigenvalue weighted by Crippen LogP contribution is -2.31. The van der Waals surface area contributed by atoms with Crippen LogP contribution in [0.15, 0.2) is 23.3 Å². The average Bonchev–Trinajstić information content (AvgIpc) is 3.08. The summed E-state index contributed by atoms with van der Waals surface area (Å²) < 4.78 is 5.52. The first kappa shape index (κ1) is 17.2. The first-order valence-electron chi connectivity index (χ1n) is 8.23. The molecule has 0 saturated heterocycles. The van der Waals surface area contributed by atoms with Gasteiger partial charge in [0.05, 0.1) is 0 Å². The van der Waals surface area contributed by atoms with Gasteiger partial charge in [0.15, 0.2) is 11.6 Å². The van der Waals surface area contributed by atoms with Crippen molar-refractivity contribution in [3.63, 3.8) is 0 Å². The molecule has 1 fully saturated rings. The van der Waals surface area contributed by atoms with E-state index < -0.39 is 0 Å². The minimum Gasteiger partial charge on any atom is -0.448 e. The third-order valence-corrected chi connectivity index (χ3v) is 4.20. The first-order chi connectivity index (χ1) is 11.1. The third kappa shape index (κ3) is 4.94. The summed E-state index contributed by atoms with van der Waals surface area (Å²) in [6, 6.07) is 0. The van der Waals surface area contributed by atoms with E-state index >= 15 is 0 Å². The van der Waals surface area contributed by atoms with E-state index in [4.69, 9.17) is 4.42 Å². The van der Waals surface area contributed by atoms with Gasteiger partial charge in [-0.05, 0) is 25.3 Å². The van der Waals surface area contributed by atoms with Crippen molar-refractivity contribution < 1.29 is 14.0 Å². The molecule has 0 aromatic carbocycles. The molecule has 0 atom stereocenters. The second kappa shape index (κ2) is 8.50. The zero-order valence-corrected chi connectivity index (χ0v) is 13.7. The molecule has 1 aliphatic rings. The fourth-order valence-corrected chi connectivity index (χ4v) is 2.82. The monoisotopic (exact) mass is 319 g/mol. The van der Waals surface area contributed by atoms with Gasteiger partial charge in [0.25, 0.3) is 5.91 Å². The Morgan fingerprint density at radius 3 is 2.87 bits per heavy atom. The molecule has 0 unspecified atom stereocenters. The highest BCUT2D eigenvalue weighted by Gasteiger charge is 2.23. The van der Waals surface area contributed by atoms with Crippen molar-refractivity contribution in [1.29, 1.82) is 0 Å². The number of carbonyl (C=O) groups excluding carboxylic acids is 2. The molecular formula is C17H25N3O3. The molecule has 23 heavy (non-hydrogen) atoms. The number of carbonyl (C=O) groups is 2. The van der Waals surface area contributed by atoms with E-state index in [2.05, 4.69) is 16.9 Å².